The number of halogens is 1. The highest BCUT2D eigenvalue weighted by Gasteiger charge is 2.45. The lowest BCUT2D eigenvalue weighted by Crippen LogP contribution is -2.59. The van der Waals surface area contributed by atoms with Crippen molar-refractivity contribution in [2.75, 3.05) is 13.1 Å². The largest absolute Gasteiger partial charge is 0.614 e. The minimum atomic E-state index is -1.21. The lowest BCUT2D eigenvalue weighted by Gasteiger charge is -2.39. The molecule has 0 bridgehead atoms. The summed E-state index contributed by atoms with van der Waals surface area (Å²) in [6.07, 6.45) is 5.43. The van der Waals surface area contributed by atoms with Crippen molar-refractivity contribution in [1.82, 2.24) is 10.2 Å². The minimum absolute atomic E-state index is 0.0133. The molecule has 1 N–H and O–H groups in total. The van der Waals surface area contributed by atoms with E-state index < -0.39 is 11.2 Å². The first-order valence-corrected chi connectivity index (χ1v) is 12.5. The number of unbranched alkanes of at least 4 members (excludes halogenated alkanes) is 3. The molecule has 0 aliphatic carbocycles. The SMILES string of the molecule is O=C(CN1C(=O)C[C@@H]1[S@@+]([O-])Cc1ccccc1)NCCCCCCc1ccc(Cl)cc1. The molecule has 1 heterocycles. The zero-order chi connectivity index (χ0) is 22.1. The third-order valence-corrected chi connectivity index (χ3v) is 7.31. The zero-order valence-electron chi connectivity index (χ0n) is 17.6. The number of carbonyl (C=O) groups is 2. The highest BCUT2D eigenvalue weighted by atomic mass is 35.5. The molecule has 2 aromatic rings. The zero-order valence-corrected chi connectivity index (χ0v) is 19.2. The lowest BCUT2D eigenvalue weighted by atomic mass is 10.1. The van der Waals surface area contributed by atoms with Crippen molar-refractivity contribution >= 4 is 34.6 Å². The molecule has 2 atom stereocenters. The van der Waals surface area contributed by atoms with E-state index in [0.717, 1.165) is 42.7 Å². The molecule has 1 fully saturated rings. The highest BCUT2D eigenvalue weighted by Crippen LogP contribution is 2.26. The number of nitrogens with one attached hydrogen (secondary N) is 1. The van der Waals surface area contributed by atoms with Gasteiger partial charge in [-0.05, 0) is 48.1 Å². The van der Waals surface area contributed by atoms with Crippen molar-refractivity contribution < 1.29 is 14.1 Å². The maximum Gasteiger partial charge on any atom is 0.239 e. The van der Waals surface area contributed by atoms with E-state index in [1.807, 2.05) is 42.5 Å². The van der Waals surface area contributed by atoms with Crippen LogP contribution in [0.3, 0.4) is 0 Å². The van der Waals surface area contributed by atoms with Crippen LogP contribution >= 0.6 is 11.6 Å². The molecule has 166 valence electrons. The smallest absolute Gasteiger partial charge is 0.239 e. The van der Waals surface area contributed by atoms with Crippen molar-refractivity contribution in [3.05, 3.63) is 70.7 Å². The van der Waals surface area contributed by atoms with E-state index in [-0.39, 0.29) is 30.2 Å². The molecule has 2 aromatic carbocycles. The highest BCUT2D eigenvalue weighted by molar-refractivity contribution is 7.91. The van der Waals surface area contributed by atoms with Gasteiger partial charge < -0.3 is 9.87 Å². The quantitative estimate of drug-likeness (QED) is 0.295. The van der Waals surface area contributed by atoms with E-state index in [4.69, 9.17) is 11.6 Å². The van der Waals surface area contributed by atoms with Gasteiger partial charge in [-0.2, -0.15) is 0 Å². The van der Waals surface area contributed by atoms with Crippen molar-refractivity contribution in [1.29, 1.82) is 0 Å². The van der Waals surface area contributed by atoms with Crippen LogP contribution in [0.15, 0.2) is 54.6 Å². The summed E-state index contributed by atoms with van der Waals surface area (Å²) in [5.74, 6) is 0.104. The number of rotatable bonds is 12. The van der Waals surface area contributed by atoms with Gasteiger partial charge in [0.25, 0.3) is 0 Å². The predicted octanol–water partition coefficient (Wildman–Crippen LogP) is 4.07. The first-order valence-electron chi connectivity index (χ1n) is 10.7. The first kappa shape index (κ1) is 23.6. The van der Waals surface area contributed by atoms with Crippen LogP contribution in [-0.4, -0.2) is 39.7 Å². The van der Waals surface area contributed by atoms with Crippen LogP contribution in [0.5, 0.6) is 0 Å². The number of nitrogens with zero attached hydrogens (tertiary/aromatic N) is 1. The van der Waals surface area contributed by atoms with Gasteiger partial charge in [-0.1, -0.05) is 66.9 Å². The van der Waals surface area contributed by atoms with Crippen LogP contribution in [-0.2, 0) is 32.9 Å². The average Bonchev–Trinajstić information content (AvgIpc) is 2.77. The van der Waals surface area contributed by atoms with Crippen molar-refractivity contribution in [3.63, 3.8) is 0 Å². The standard InChI is InChI=1S/C24H29ClN2O3S/c25-21-13-11-19(12-14-21)8-4-1-2-7-15-26-22(28)17-27-23(29)16-24(27)31(30)18-20-9-5-3-6-10-20/h3,5-6,9-14,24H,1-2,4,7-8,15-18H2,(H,26,28)/t24-,31-/m0/s1. The van der Waals surface area contributed by atoms with E-state index in [0.29, 0.717) is 12.3 Å². The number of amides is 2. The van der Waals surface area contributed by atoms with Gasteiger partial charge in [-0.15, -0.1) is 0 Å². The normalized spacial score (nSPS) is 16.6. The predicted molar refractivity (Wildman–Crippen MR) is 125 cm³/mol. The fourth-order valence-electron chi connectivity index (χ4n) is 3.58. The number of aryl methyl sites for hydroxylation is 1. The molecule has 0 radical (unpaired) electrons. The Morgan fingerprint density at radius 2 is 1.74 bits per heavy atom. The molecule has 0 spiro atoms. The molecule has 0 unspecified atom stereocenters. The van der Waals surface area contributed by atoms with Crippen molar-refractivity contribution in [3.8, 4) is 0 Å². The summed E-state index contributed by atoms with van der Waals surface area (Å²) in [4.78, 5) is 25.6. The monoisotopic (exact) mass is 460 g/mol. The van der Waals surface area contributed by atoms with Crippen LogP contribution in [0.4, 0.5) is 0 Å². The van der Waals surface area contributed by atoms with Gasteiger partial charge in [0.1, 0.15) is 12.3 Å². The molecule has 2 amide bonds. The number of hydrogen-bond donors (Lipinski definition) is 1. The molecule has 3 rings (SSSR count). The Hall–Kier alpha value is -2.02. The fraction of sp³-hybridized carbons (Fsp3) is 0.417. The van der Waals surface area contributed by atoms with E-state index in [1.165, 1.54) is 10.5 Å². The summed E-state index contributed by atoms with van der Waals surface area (Å²) in [5.41, 5.74) is 2.26. The number of carbonyl (C=O) groups excluding carboxylic acids is 2. The second-order valence-corrected chi connectivity index (χ2v) is 9.86. The van der Waals surface area contributed by atoms with Gasteiger partial charge in [0, 0.05) is 17.1 Å². The maximum absolute atomic E-state index is 12.6. The molecule has 31 heavy (non-hydrogen) atoms. The Balaban J connectivity index is 1.28. The lowest BCUT2D eigenvalue weighted by molar-refractivity contribution is -0.145. The van der Waals surface area contributed by atoms with Crippen LogP contribution in [0.2, 0.25) is 5.02 Å². The Kier molecular flexibility index (Phi) is 9.25. The molecule has 0 aromatic heterocycles. The fourth-order valence-corrected chi connectivity index (χ4v) is 5.23. The molecule has 0 saturated carbocycles. The molecular weight excluding hydrogens is 432 g/mol. The third-order valence-electron chi connectivity index (χ3n) is 5.41. The van der Waals surface area contributed by atoms with Gasteiger partial charge in [0.05, 0.1) is 6.42 Å². The maximum atomic E-state index is 12.6. The van der Waals surface area contributed by atoms with E-state index in [2.05, 4.69) is 17.4 Å². The molecule has 1 aliphatic rings. The van der Waals surface area contributed by atoms with Gasteiger partial charge in [-0.3, -0.25) is 14.5 Å². The van der Waals surface area contributed by atoms with Crippen LogP contribution in [0.25, 0.3) is 0 Å². The summed E-state index contributed by atoms with van der Waals surface area (Å²) in [5, 5.41) is 3.27. The Labute approximate surface area is 192 Å². The average molecular weight is 461 g/mol. The molecule has 1 saturated heterocycles. The van der Waals surface area contributed by atoms with Crippen molar-refractivity contribution in [2.45, 2.75) is 49.7 Å². The molecule has 7 heteroatoms. The van der Waals surface area contributed by atoms with E-state index >= 15 is 0 Å². The van der Waals surface area contributed by atoms with Crippen LogP contribution in [0.1, 0.15) is 43.2 Å². The molecule has 5 nitrogen and oxygen atoms in total. The molecule has 1 aliphatic heterocycles. The van der Waals surface area contributed by atoms with E-state index in [9.17, 15) is 14.1 Å². The number of hydrogen-bond acceptors (Lipinski definition) is 3. The number of benzene rings is 2. The van der Waals surface area contributed by atoms with E-state index in [1.54, 1.807) is 0 Å². The van der Waals surface area contributed by atoms with Gasteiger partial charge in [-0.25, -0.2) is 0 Å². The third kappa shape index (κ3) is 7.56. The van der Waals surface area contributed by atoms with Crippen molar-refractivity contribution in [2.24, 2.45) is 0 Å². The second-order valence-electron chi connectivity index (χ2n) is 7.83. The van der Waals surface area contributed by atoms with Gasteiger partial charge in [0.2, 0.25) is 11.8 Å². The Bertz CT molecular complexity index is 848. The van der Waals surface area contributed by atoms with Crippen LogP contribution < -0.4 is 5.32 Å². The number of β-lactam (4-membered cyclic amide) rings is 1. The van der Waals surface area contributed by atoms with Gasteiger partial charge >= 0.3 is 0 Å². The second kappa shape index (κ2) is 12.1. The minimum Gasteiger partial charge on any atom is -0.614 e. The van der Waals surface area contributed by atoms with Gasteiger partial charge in [0.15, 0.2) is 5.37 Å². The summed E-state index contributed by atoms with van der Waals surface area (Å²) >= 11 is 4.69. The molecular formula is C24H29ClN2O3S. The first-order chi connectivity index (χ1) is 15.0. The summed E-state index contributed by atoms with van der Waals surface area (Å²) < 4.78 is 12.6. The summed E-state index contributed by atoms with van der Waals surface area (Å²) in [7, 11) is 0. The summed E-state index contributed by atoms with van der Waals surface area (Å²) in [6, 6.07) is 17.5. The Morgan fingerprint density at radius 3 is 2.45 bits per heavy atom. The number of likely N-dealkylation sites (tertiary alicyclic amines) is 1. The Morgan fingerprint density at radius 1 is 1.03 bits per heavy atom. The van der Waals surface area contributed by atoms with Crippen LogP contribution in [0, 0.1) is 0 Å². The topological polar surface area (TPSA) is 72.5 Å². The summed E-state index contributed by atoms with van der Waals surface area (Å²) in [6.45, 7) is 0.584.